The predicted octanol–water partition coefficient (Wildman–Crippen LogP) is 4.17. The van der Waals surface area contributed by atoms with E-state index < -0.39 is 0 Å². The van der Waals surface area contributed by atoms with Gasteiger partial charge in [-0.25, -0.2) is 0 Å². The SMILES string of the molecule is CN=C(NC1CC=CC1)NC1CC1c1ccc(C(C)C)cc1.I. The van der Waals surface area contributed by atoms with E-state index in [1.807, 2.05) is 7.05 Å². The van der Waals surface area contributed by atoms with Crippen molar-refractivity contribution >= 4 is 29.9 Å². The van der Waals surface area contributed by atoms with Crippen LogP contribution >= 0.6 is 24.0 Å². The molecule has 0 aromatic heterocycles. The van der Waals surface area contributed by atoms with E-state index in [0.29, 0.717) is 23.9 Å². The monoisotopic (exact) mass is 425 g/mol. The molecule has 2 unspecified atom stereocenters. The first-order valence-electron chi connectivity index (χ1n) is 8.42. The minimum absolute atomic E-state index is 0. The zero-order valence-electron chi connectivity index (χ0n) is 14.3. The lowest BCUT2D eigenvalue weighted by Gasteiger charge is -2.17. The van der Waals surface area contributed by atoms with Crippen molar-refractivity contribution in [2.24, 2.45) is 4.99 Å². The molecule has 23 heavy (non-hydrogen) atoms. The third-order valence-electron chi connectivity index (χ3n) is 4.72. The zero-order chi connectivity index (χ0) is 15.5. The molecular weight excluding hydrogens is 397 g/mol. The normalized spacial score (nSPS) is 23.7. The van der Waals surface area contributed by atoms with Gasteiger partial charge >= 0.3 is 0 Å². The van der Waals surface area contributed by atoms with E-state index in [0.717, 1.165) is 18.8 Å². The van der Waals surface area contributed by atoms with Gasteiger partial charge in [-0.05, 0) is 36.3 Å². The number of nitrogens with one attached hydrogen (secondary N) is 2. The smallest absolute Gasteiger partial charge is 0.191 e. The highest BCUT2D eigenvalue weighted by molar-refractivity contribution is 14.0. The summed E-state index contributed by atoms with van der Waals surface area (Å²) in [5.41, 5.74) is 2.86. The van der Waals surface area contributed by atoms with Crippen LogP contribution in [0, 0.1) is 0 Å². The molecule has 126 valence electrons. The van der Waals surface area contributed by atoms with Crippen molar-refractivity contribution in [1.29, 1.82) is 0 Å². The maximum absolute atomic E-state index is 4.36. The van der Waals surface area contributed by atoms with E-state index in [2.05, 4.69) is 65.9 Å². The molecule has 0 heterocycles. The van der Waals surface area contributed by atoms with Crippen molar-refractivity contribution in [1.82, 2.24) is 10.6 Å². The van der Waals surface area contributed by atoms with E-state index in [1.54, 1.807) is 0 Å². The lowest BCUT2D eigenvalue weighted by Crippen LogP contribution is -2.43. The summed E-state index contributed by atoms with van der Waals surface area (Å²) in [6.45, 7) is 4.48. The van der Waals surface area contributed by atoms with Crippen LogP contribution in [-0.4, -0.2) is 25.1 Å². The van der Waals surface area contributed by atoms with Crippen molar-refractivity contribution < 1.29 is 0 Å². The molecule has 1 fully saturated rings. The second kappa shape index (κ2) is 8.18. The number of hydrogen-bond donors (Lipinski definition) is 2. The number of halogens is 1. The Morgan fingerprint density at radius 1 is 1.09 bits per heavy atom. The van der Waals surface area contributed by atoms with Crippen molar-refractivity contribution in [2.75, 3.05) is 7.05 Å². The molecule has 3 rings (SSSR count). The third-order valence-corrected chi connectivity index (χ3v) is 4.72. The lowest BCUT2D eigenvalue weighted by atomic mass is 10.0. The minimum atomic E-state index is 0. The molecule has 0 bridgehead atoms. The molecule has 0 saturated heterocycles. The molecule has 0 radical (unpaired) electrons. The molecule has 0 aliphatic heterocycles. The Labute approximate surface area is 157 Å². The lowest BCUT2D eigenvalue weighted by molar-refractivity contribution is 0.631. The third kappa shape index (κ3) is 4.72. The number of benzene rings is 1. The quantitative estimate of drug-likeness (QED) is 0.329. The summed E-state index contributed by atoms with van der Waals surface area (Å²) < 4.78 is 0. The van der Waals surface area contributed by atoms with Crippen molar-refractivity contribution in [2.45, 2.75) is 57.0 Å². The second-order valence-electron chi connectivity index (χ2n) is 6.77. The number of hydrogen-bond acceptors (Lipinski definition) is 1. The molecule has 2 N–H and O–H groups in total. The van der Waals surface area contributed by atoms with Gasteiger partial charge in [-0.3, -0.25) is 4.99 Å². The van der Waals surface area contributed by atoms with Crippen LogP contribution in [-0.2, 0) is 0 Å². The maximum Gasteiger partial charge on any atom is 0.191 e. The Kier molecular flexibility index (Phi) is 6.50. The predicted molar refractivity (Wildman–Crippen MR) is 109 cm³/mol. The molecule has 4 heteroatoms. The van der Waals surface area contributed by atoms with Crippen LogP contribution in [0.2, 0.25) is 0 Å². The van der Waals surface area contributed by atoms with E-state index in [1.165, 1.54) is 17.5 Å². The summed E-state index contributed by atoms with van der Waals surface area (Å²) in [4.78, 5) is 4.36. The first-order chi connectivity index (χ1) is 10.7. The summed E-state index contributed by atoms with van der Waals surface area (Å²) in [5.74, 6) is 2.17. The molecule has 0 amide bonds. The largest absolute Gasteiger partial charge is 0.353 e. The van der Waals surface area contributed by atoms with Gasteiger partial charge in [0, 0.05) is 25.0 Å². The van der Waals surface area contributed by atoms with Crippen LogP contribution in [0.1, 0.15) is 56.1 Å². The Morgan fingerprint density at radius 3 is 2.30 bits per heavy atom. The van der Waals surface area contributed by atoms with Gasteiger partial charge in [-0.2, -0.15) is 0 Å². The first-order valence-corrected chi connectivity index (χ1v) is 8.42. The molecular formula is C19H28IN3. The summed E-state index contributed by atoms with van der Waals surface area (Å²) in [6, 6.07) is 10.1. The maximum atomic E-state index is 4.36. The highest BCUT2D eigenvalue weighted by atomic mass is 127. The number of guanidine groups is 1. The van der Waals surface area contributed by atoms with Crippen LogP contribution in [0.4, 0.5) is 0 Å². The van der Waals surface area contributed by atoms with Crippen molar-refractivity contribution in [3.63, 3.8) is 0 Å². The van der Waals surface area contributed by atoms with Crippen LogP contribution < -0.4 is 10.6 Å². The summed E-state index contributed by atoms with van der Waals surface area (Å²) in [5, 5.41) is 7.07. The molecule has 1 saturated carbocycles. The Bertz CT molecular complexity index is 554. The van der Waals surface area contributed by atoms with Gasteiger partial charge in [0.1, 0.15) is 0 Å². The summed E-state index contributed by atoms with van der Waals surface area (Å²) >= 11 is 0. The summed E-state index contributed by atoms with van der Waals surface area (Å²) in [6.07, 6.45) is 7.88. The number of aliphatic imine (C=N–C) groups is 1. The van der Waals surface area contributed by atoms with Crippen molar-refractivity contribution in [3.8, 4) is 0 Å². The highest BCUT2D eigenvalue weighted by Gasteiger charge is 2.39. The van der Waals surface area contributed by atoms with Gasteiger partial charge in [0.2, 0.25) is 0 Å². The van der Waals surface area contributed by atoms with E-state index >= 15 is 0 Å². The Balaban J connectivity index is 0.00000192. The molecule has 1 aromatic rings. The first kappa shape index (κ1) is 18.3. The highest BCUT2D eigenvalue weighted by Crippen LogP contribution is 2.41. The molecule has 3 nitrogen and oxygen atoms in total. The van der Waals surface area contributed by atoms with E-state index in [4.69, 9.17) is 0 Å². The van der Waals surface area contributed by atoms with E-state index in [-0.39, 0.29) is 24.0 Å². The van der Waals surface area contributed by atoms with Crippen LogP contribution in [0.3, 0.4) is 0 Å². The van der Waals surface area contributed by atoms with Gasteiger partial charge in [0.05, 0.1) is 0 Å². The fraction of sp³-hybridized carbons (Fsp3) is 0.526. The van der Waals surface area contributed by atoms with Crippen LogP contribution in [0.25, 0.3) is 0 Å². The topological polar surface area (TPSA) is 36.4 Å². The van der Waals surface area contributed by atoms with Gasteiger partial charge in [0.15, 0.2) is 5.96 Å². The van der Waals surface area contributed by atoms with Gasteiger partial charge in [-0.1, -0.05) is 50.3 Å². The number of nitrogens with zero attached hydrogens (tertiary/aromatic N) is 1. The minimum Gasteiger partial charge on any atom is -0.353 e. The average Bonchev–Trinajstić information content (AvgIpc) is 3.10. The standard InChI is InChI=1S/C19H27N3.HI/c1-13(2)14-8-10-15(11-9-14)17-12-18(17)22-19(20-3)21-16-6-4-5-7-16;/h4-5,8-11,13,16-18H,6-7,12H2,1-3H3,(H2,20,21,22);1H. The fourth-order valence-corrected chi connectivity index (χ4v) is 3.13. The van der Waals surface area contributed by atoms with Gasteiger partial charge in [0.25, 0.3) is 0 Å². The summed E-state index contributed by atoms with van der Waals surface area (Å²) in [7, 11) is 1.85. The van der Waals surface area contributed by atoms with Crippen molar-refractivity contribution in [3.05, 3.63) is 47.5 Å². The van der Waals surface area contributed by atoms with Gasteiger partial charge in [-0.15, -0.1) is 24.0 Å². The molecule has 2 aliphatic carbocycles. The van der Waals surface area contributed by atoms with Crippen LogP contribution in [0.15, 0.2) is 41.4 Å². The molecule has 2 aliphatic rings. The van der Waals surface area contributed by atoms with E-state index in [9.17, 15) is 0 Å². The molecule has 1 aromatic carbocycles. The second-order valence-corrected chi connectivity index (χ2v) is 6.77. The van der Waals surface area contributed by atoms with Gasteiger partial charge < -0.3 is 10.6 Å². The average molecular weight is 425 g/mol. The Morgan fingerprint density at radius 2 is 1.74 bits per heavy atom. The van der Waals surface area contributed by atoms with Crippen LogP contribution in [0.5, 0.6) is 0 Å². The molecule has 2 atom stereocenters. The zero-order valence-corrected chi connectivity index (χ0v) is 16.6. The number of rotatable bonds is 4. The Hall–Kier alpha value is -1.04. The molecule has 0 spiro atoms. The fourth-order valence-electron chi connectivity index (χ4n) is 3.13.